The van der Waals surface area contributed by atoms with E-state index >= 15 is 0 Å². The van der Waals surface area contributed by atoms with Crippen molar-refractivity contribution >= 4 is 23.2 Å². The van der Waals surface area contributed by atoms with Crippen LogP contribution in [0.15, 0.2) is 72.8 Å². The average molecular weight is 449 g/mol. The van der Waals surface area contributed by atoms with Crippen molar-refractivity contribution in [3.63, 3.8) is 0 Å². The lowest BCUT2D eigenvalue weighted by Crippen LogP contribution is -2.55. The SMILES string of the molecule is FC(F)(F)C(c1ccc(-c2ccccc2)cc1)(c1cc(Cl)ccc1Cl)C(F)(F)F. The largest absolute Gasteiger partial charge is 0.411 e. The van der Waals surface area contributed by atoms with Gasteiger partial charge in [-0.1, -0.05) is 77.8 Å². The summed E-state index contributed by atoms with van der Waals surface area (Å²) < 4.78 is 84.9. The number of hydrogen-bond acceptors (Lipinski definition) is 0. The molecule has 0 fully saturated rings. The first-order chi connectivity index (χ1) is 13.5. The van der Waals surface area contributed by atoms with Gasteiger partial charge in [0.2, 0.25) is 5.41 Å². The Morgan fingerprint density at radius 3 is 1.62 bits per heavy atom. The van der Waals surface area contributed by atoms with Crippen molar-refractivity contribution in [3.05, 3.63) is 94.0 Å². The van der Waals surface area contributed by atoms with Crippen molar-refractivity contribution in [1.29, 1.82) is 0 Å². The Kier molecular flexibility index (Phi) is 5.62. The molecule has 0 spiro atoms. The van der Waals surface area contributed by atoms with E-state index in [0.29, 0.717) is 17.2 Å². The van der Waals surface area contributed by atoms with E-state index in [2.05, 4.69) is 0 Å². The second-order valence-corrected chi connectivity index (χ2v) is 7.16. The topological polar surface area (TPSA) is 0 Å². The van der Waals surface area contributed by atoms with Gasteiger partial charge >= 0.3 is 12.4 Å². The van der Waals surface area contributed by atoms with Crippen molar-refractivity contribution in [2.75, 3.05) is 0 Å². The summed E-state index contributed by atoms with van der Waals surface area (Å²) in [4.78, 5) is 0. The van der Waals surface area contributed by atoms with Gasteiger partial charge in [0.25, 0.3) is 0 Å². The molecule has 8 heteroatoms. The number of alkyl halides is 6. The first-order valence-corrected chi connectivity index (χ1v) is 8.99. The van der Waals surface area contributed by atoms with E-state index in [9.17, 15) is 26.3 Å². The van der Waals surface area contributed by atoms with Gasteiger partial charge in [0.1, 0.15) is 0 Å². The predicted octanol–water partition coefficient (Wildman–Crippen LogP) is 8.07. The fourth-order valence-corrected chi connectivity index (χ4v) is 3.71. The Balaban J connectivity index is 2.30. The molecule has 0 unspecified atom stereocenters. The zero-order chi connectivity index (χ0) is 21.4. The zero-order valence-electron chi connectivity index (χ0n) is 14.5. The van der Waals surface area contributed by atoms with Crippen LogP contribution in [-0.2, 0) is 5.41 Å². The summed E-state index contributed by atoms with van der Waals surface area (Å²) in [6, 6.07) is 15.3. The van der Waals surface area contributed by atoms with Gasteiger partial charge in [-0.25, -0.2) is 0 Å². The molecule has 3 aromatic carbocycles. The molecule has 0 aromatic heterocycles. The number of hydrogen-bond donors (Lipinski definition) is 0. The molecule has 0 aliphatic heterocycles. The van der Waals surface area contributed by atoms with Gasteiger partial charge in [-0.05, 0) is 34.9 Å². The molecule has 0 saturated carbocycles. The molecule has 0 bridgehead atoms. The van der Waals surface area contributed by atoms with Crippen LogP contribution >= 0.6 is 23.2 Å². The van der Waals surface area contributed by atoms with Crippen LogP contribution in [0.2, 0.25) is 10.0 Å². The highest BCUT2D eigenvalue weighted by Gasteiger charge is 2.73. The highest BCUT2D eigenvalue weighted by atomic mass is 35.5. The summed E-state index contributed by atoms with van der Waals surface area (Å²) >= 11 is 11.5. The minimum Gasteiger partial charge on any atom is -0.169 e. The van der Waals surface area contributed by atoms with E-state index < -0.39 is 33.9 Å². The third-order valence-corrected chi connectivity index (χ3v) is 5.17. The lowest BCUT2D eigenvalue weighted by atomic mass is 9.72. The van der Waals surface area contributed by atoms with Gasteiger partial charge in [0, 0.05) is 15.6 Å². The first kappa shape index (κ1) is 21.5. The van der Waals surface area contributed by atoms with Crippen LogP contribution < -0.4 is 0 Å². The number of rotatable bonds is 3. The molecule has 3 aromatic rings. The van der Waals surface area contributed by atoms with Gasteiger partial charge < -0.3 is 0 Å². The molecule has 152 valence electrons. The summed E-state index contributed by atoms with van der Waals surface area (Å²) in [5, 5.41) is -0.973. The van der Waals surface area contributed by atoms with Crippen LogP contribution in [0.1, 0.15) is 11.1 Å². The Labute approximate surface area is 172 Å². The molecule has 0 saturated heterocycles. The smallest absolute Gasteiger partial charge is 0.169 e. The third kappa shape index (κ3) is 3.71. The van der Waals surface area contributed by atoms with Crippen molar-refractivity contribution in [2.45, 2.75) is 17.8 Å². The Morgan fingerprint density at radius 1 is 0.586 bits per heavy atom. The number of benzene rings is 3. The minimum atomic E-state index is -5.73. The van der Waals surface area contributed by atoms with E-state index in [1.54, 1.807) is 30.3 Å². The van der Waals surface area contributed by atoms with Crippen LogP contribution in [0.3, 0.4) is 0 Å². The Bertz CT molecular complexity index is 978. The quantitative estimate of drug-likeness (QED) is 0.355. The molecule has 29 heavy (non-hydrogen) atoms. The van der Waals surface area contributed by atoms with Crippen molar-refractivity contribution in [2.24, 2.45) is 0 Å². The summed E-state index contributed by atoms with van der Waals surface area (Å²) in [5.74, 6) is 0. The monoisotopic (exact) mass is 448 g/mol. The van der Waals surface area contributed by atoms with Gasteiger partial charge in [-0.15, -0.1) is 0 Å². The molecular formula is C21H12Cl2F6. The van der Waals surface area contributed by atoms with Crippen LogP contribution in [0.25, 0.3) is 11.1 Å². The minimum absolute atomic E-state index is 0.289. The molecule has 0 aliphatic rings. The average Bonchev–Trinajstić information content (AvgIpc) is 2.64. The van der Waals surface area contributed by atoms with E-state index in [4.69, 9.17) is 23.2 Å². The normalized spacial score (nSPS) is 12.8. The molecule has 0 nitrogen and oxygen atoms in total. The highest BCUT2D eigenvalue weighted by Crippen LogP contribution is 2.58. The molecule has 0 amide bonds. The maximum absolute atomic E-state index is 14.2. The van der Waals surface area contributed by atoms with Gasteiger partial charge in [-0.2, -0.15) is 26.3 Å². The molecule has 3 rings (SSSR count). The fourth-order valence-electron chi connectivity index (χ4n) is 3.28. The molecule has 0 radical (unpaired) electrons. The van der Waals surface area contributed by atoms with Crippen molar-refractivity contribution in [1.82, 2.24) is 0 Å². The van der Waals surface area contributed by atoms with Crippen LogP contribution in [0.4, 0.5) is 26.3 Å². The zero-order valence-corrected chi connectivity index (χ0v) is 16.0. The lowest BCUT2D eigenvalue weighted by Gasteiger charge is -2.39. The van der Waals surface area contributed by atoms with E-state index in [1.807, 2.05) is 0 Å². The van der Waals surface area contributed by atoms with Gasteiger partial charge in [0.15, 0.2) is 0 Å². The van der Waals surface area contributed by atoms with E-state index in [1.165, 1.54) is 12.1 Å². The predicted molar refractivity (Wildman–Crippen MR) is 101 cm³/mol. The summed E-state index contributed by atoms with van der Waals surface area (Å²) in [7, 11) is 0. The standard InChI is InChI=1S/C21H12Cl2F6/c22-16-10-11-18(23)17(12-16)19(20(24,25)26,21(27,28)29)15-8-6-14(7-9-15)13-4-2-1-3-5-13/h1-12H. The third-order valence-electron chi connectivity index (χ3n) is 4.61. The van der Waals surface area contributed by atoms with Gasteiger partial charge in [0.05, 0.1) is 0 Å². The Morgan fingerprint density at radius 2 is 1.10 bits per heavy atom. The van der Waals surface area contributed by atoms with Crippen LogP contribution in [0.5, 0.6) is 0 Å². The molecule has 0 aliphatic carbocycles. The molecular weight excluding hydrogens is 437 g/mol. The van der Waals surface area contributed by atoms with Crippen molar-refractivity contribution in [3.8, 4) is 11.1 Å². The first-order valence-electron chi connectivity index (χ1n) is 8.23. The second kappa shape index (κ2) is 7.58. The summed E-state index contributed by atoms with van der Waals surface area (Å²) in [6.45, 7) is 0. The van der Waals surface area contributed by atoms with Crippen molar-refractivity contribution < 1.29 is 26.3 Å². The lowest BCUT2D eigenvalue weighted by molar-refractivity contribution is -0.288. The molecule has 0 atom stereocenters. The second-order valence-electron chi connectivity index (χ2n) is 6.31. The number of halogens is 8. The highest BCUT2D eigenvalue weighted by molar-refractivity contribution is 6.33. The van der Waals surface area contributed by atoms with E-state index in [-0.39, 0.29) is 5.02 Å². The van der Waals surface area contributed by atoms with Crippen LogP contribution in [-0.4, -0.2) is 12.4 Å². The molecule has 0 N–H and O–H groups in total. The maximum atomic E-state index is 14.2. The summed E-state index contributed by atoms with van der Waals surface area (Å²) in [5.41, 5.74) is -5.37. The van der Waals surface area contributed by atoms with E-state index in [0.717, 1.165) is 24.3 Å². The van der Waals surface area contributed by atoms with Gasteiger partial charge in [-0.3, -0.25) is 0 Å². The fraction of sp³-hybridized carbons (Fsp3) is 0.143. The maximum Gasteiger partial charge on any atom is 0.411 e. The Hall–Kier alpha value is -2.18. The summed E-state index contributed by atoms with van der Waals surface area (Å²) in [6.07, 6.45) is -11.5. The van der Waals surface area contributed by atoms with Crippen LogP contribution in [0, 0.1) is 0 Å². The molecule has 0 heterocycles.